The van der Waals surface area contributed by atoms with E-state index in [1.165, 1.54) is 43.0 Å². The molecule has 1 heterocycles. The molecule has 2 aromatic rings. The molecule has 0 saturated carbocycles. The van der Waals surface area contributed by atoms with Crippen molar-refractivity contribution in [3.8, 4) is 17.6 Å². The van der Waals surface area contributed by atoms with Crippen molar-refractivity contribution in [1.82, 2.24) is 9.21 Å². The number of hydrogen-bond donors (Lipinski definition) is 1. The number of aliphatic carboxylic acids is 1. The van der Waals surface area contributed by atoms with Crippen molar-refractivity contribution in [3.63, 3.8) is 0 Å². The number of carboxylic acid groups (broad SMARTS) is 1. The van der Waals surface area contributed by atoms with Crippen molar-refractivity contribution in [3.05, 3.63) is 60.2 Å². The number of carboxylic acids is 1. The number of amides is 1. The number of rotatable bonds is 5. The van der Waals surface area contributed by atoms with Gasteiger partial charge in [-0.25, -0.2) is 8.42 Å². The second-order valence-electron chi connectivity index (χ2n) is 7.28. The Balaban J connectivity index is 1.72. The van der Waals surface area contributed by atoms with Gasteiger partial charge in [-0.2, -0.15) is 4.31 Å². The minimum absolute atomic E-state index is 0.0463. The highest BCUT2D eigenvalue weighted by Crippen LogP contribution is 2.26. The molecule has 1 amide bonds. The highest BCUT2D eigenvalue weighted by molar-refractivity contribution is 7.89. The Kier molecular flexibility index (Phi) is 7.18. The average molecular weight is 457 g/mol. The van der Waals surface area contributed by atoms with Crippen LogP contribution in [0, 0.1) is 11.8 Å². The van der Waals surface area contributed by atoms with Crippen LogP contribution in [0.1, 0.15) is 19.4 Å². The lowest BCUT2D eigenvalue weighted by atomic mass is 10.1. The molecule has 1 fully saturated rings. The van der Waals surface area contributed by atoms with Crippen molar-refractivity contribution < 1.29 is 27.9 Å². The van der Waals surface area contributed by atoms with Crippen molar-refractivity contribution in [2.45, 2.75) is 30.8 Å². The summed E-state index contributed by atoms with van der Waals surface area (Å²) < 4.78 is 32.8. The topological polar surface area (TPSA) is 104 Å². The lowest BCUT2D eigenvalue weighted by Crippen LogP contribution is -2.63. The Morgan fingerprint density at radius 3 is 2.34 bits per heavy atom. The molecule has 0 bridgehead atoms. The van der Waals surface area contributed by atoms with Gasteiger partial charge in [0.25, 0.3) is 0 Å². The molecule has 32 heavy (non-hydrogen) atoms. The van der Waals surface area contributed by atoms with E-state index in [1.54, 1.807) is 0 Å². The van der Waals surface area contributed by atoms with Gasteiger partial charge in [0.1, 0.15) is 18.4 Å². The summed E-state index contributed by atoms with van der Waals surface area (Å²) in [4.78, 5) is 24.9. The lowest BCUT2D eigenvalue weighted by Gasteiger charge is -2.43. The van der Waals surface area contributed by atoms with Crippen LogP contribution >= 0.6 is 0 Å². The van der Waals surface area contributed by atoms with Crippen molar-refractivity contribution >= 4 is 21.9 Å². The number of piperazine rings is 1. The van der Waals surface area contributed by atoms with Gasteiger partial charge in [-0.3, -0.25) is 9.59 Å². The molecular formula is C23H24N2O6S. The predicted octanol–water partition coefficient (Wildman–Crippen LogP) is 1.81. The summed E-state index contributed by atoms with van der Waals surface area (Å²) in [5.41, 5.74) is 0.865. The number of benzene rings is 2. The zero-order valence-electron chi connectivity index (χ0n) is 17.8. The summed E-state index contributed by atoms with van der Waals surface area (Å²) >= 11 is 0. The Morgan fingerprint density at radius 1 is 1.09 bits per heavy atom. The lowest BCUT2D eigenvalue weighted by molar-refractivity contribution is -0.148. The third-order valence-electron chi connectivity index (χ3n) is 5.23. The van der Waals surface area contributed by atoms with Gasteiger partial charge in [-0.1, -0.05) is 30.0 Å². The van der Waals surface area contributed by atoms with E-state index in [0.717, 1.165) is 9.87 Å². The Labute approximate surface area is 187 Å². The normalized spacial score (nSPS) is 19.0. The standard InChI is InChI=1S/C23H24N2O6S/c1-17-22(23(27)28)25(15-14-24(17)18(2)26)32(29,30)21-12-10-20(11-13-21)31-16-6-9-19-7-4-3-5-8-19/h3-5,7-8,10-13,17,22H,14-16H2,1-2H3,(H,27,28). The van der Waals surface area contributed by atoms with Crippen LogP contribution in [0.25, 0.3) is 0 Å². The van der Waals surface area contributed by atoms with Gasteiger partial charge in [0.2, 0.25) is 15.9 Å². The van der Waals surface area contributed by atoms with E-state index >= 15 is 0 Å². The first-order chi connectivity index (χ1) is 15.2. The SMILES string of the molecule is CC(=O)N1CCN(S(=O)(=O)c2ccc(OCC#Cc3ccccc3)cc2)C(C(=O)O)C1C. The van der Waals surface area contributed by atoms with E-state index in [4.69, 9.17) is 4.74 Å². The summed E-state index contributed by atoms with van der Waals surface area (Å²) in [6.07, 6.45) is 0. The molecule has 2 aromatic carbocycles. The maximum Gasteiger partial charge on any atom is 0.324 e. The summed E-state index contributed by atoms with van der Waals surface area (Å²) in [5.74, 6) is 4.70. The maximum absolute atomic E-state index is 13.1. The first kappa shape index (κ1) is 23.3. The van der Waals surface area contributed by atoms with Crippen LogP contribution in [0.15, 0.2) is 59.5 Å². The molecule has 2 unspecified atom stereocenters. The van der Waals surface area contributed by atoms with Crippen LogP contribution in [0.4, 0.5) is 0 Å². The van der Waals surface area contributed by atoms with Crippen molar-refractivity contribution in [2.24, 2.45) is 0 Å². The van der Waals surface area contributed by atoms with Gasteiger partial charge in [-0.15, -0.1) is 0 Å². The molecule has 1 aliphatic rings. The second-order valence-corrected chi connectivity index (χ2v) is 9.17. The van der Waals surface area contributed by atoms with E-state index in [2.05, 4.69) is 11.8 Å². The van der Waals surface area contributed by atoms with E-state index < -0.39 is 28.1 Å². The fourth-order valence-electron chi connectivity index (χ4n) is 3.63. The zero-order valence-corrected chi connectivity index (χ0v) is 18.6. The average Bonchev–Trinajstić information content (AvgIpc) is 2.77. The minimum Gasteiger partial charge on any atom is -0.481 e. The van der Waals surface area contributed by atoms with Gasteiger partial charge in [0.05, 0.1) is 10.9 Å². The molecule has 0 aliphatic carbocycles. The quantitative estimate of drug-likeness (QED) is 0.689. The molecular weight excluding hydrogens is 432 g/mol. The van der Waals surface area contributed by atoms with Crippen LogP contribution < -0.4 is 4.74 Å². The summed E-state index contributed by atoms with van der Waals surface area (Å²) in [7, 11) is -4.09. The minimum atomic E-state index is -4.09. The van der Waals surface area contributed by atoms with E-state index in [0.29, 0.717) is 5.75 Å². The first-order valence-electron chi connectivity index (χ1n) is 10.0. The summed E-state index contributed by atoms with van der Waals surface area (Å²) in [6, 6.07) is 13.0. The molecule has 1 N–H and O–H groups in total. The fourth-order valence-corrected chi connectivity index (χ4v) is 5.26. The fraction of sp³-hybridized carbons (Fsp3) is 0.304. The number of sulfonamides is 1. The highest BCUT2D eigenvalue weighted by Gasteiger charge is 2.45. The van der Waals surface area contributed by atoms with Crippen LogP contribution in [-0.2, 0) is 19.6 Å². The first-order valence-corrected chi connectivity index (χ1v) is 11.4. The van der Waals surface area contributed by atoms with Gasteiger partial charge in [-0.05, 0) is 43.3 Å². The molecule has 1 aliphatic heterocycles. The Bertz CT molecular complexity index is 1140. The second kappa shape index (κ2) is 9.85. The molecule has 1 saturated heterocycles. The number of carbonyl (C=O) groups is 2. The van der Waals surface area contributed by atoms with Crippen LogP contribution in [0.3, 0.4) is 0 Å². The van der Waals surface area contributed by atoms with Crippen molar-refractivity contribution in [2.75, 3.05) is 19.7 Å². The van der Waals surface area contributed by atoms with E-state index in [9.17, 15) is 23.1 Å². The smallest absolute Gasteiger partial charge is 0.324 e. The third-order valence-corrected chi connectivity index (χ3v) is 7.12. The van der Waals surface area contributed by atoms with E-state index in [1.807, 2.05) is 30.3 Å². The number of nitrogens with zero attached hydrogens (tertiary/aromatic N) is 2. The monoisotopic (exact) mass is 456 g/mol. The van der Waals surface area contributed by atoms with Crippen LogP contribution in [-0.4, -0.2) is 66.4 Å². The number of carbonyl (C=O) groups excluding carboxylic acids is 1. The van der Waals surface area contributed by atoms with Gasteiger partial charge in [0, 0.05) is 25.6 Å². The molecule has 0 radical (unpaired) electrons. The third kappa shape index (κ3) is 5.10. The molecule has 168 valence electrons. The van der Waals surface area contributed by atoms with Gasteiger partial charge >= 0.3 is 5.97 Å². The van der Waals surface area contributed by atoms with Gasteiger partial charge < -0.3 is 14.7 Å². The molecule has 3 rings (SSSR count). The van der Waals surface area contributed by atoms with Gasteiger partial charge in [0.15, 0.2) is 0 Å². The molecule has 8 nitrogen and oxygen atoms in total. The molecule has 0 aromatic heterocycles. The van der Waals surface area contributed by atoms with Crippen LogP contribution in [0.5, 0.6) is 5.75 Å². The molecule has 9 heteroatoms. The largest absolute Gasteiger partial charge is 0.481 e. The molecule has 2 atom stereocenters. The summed E-state index contributed by atoms with van der Waals surface area (Å²) in [6.45, 7) is 3.03. The summed E-state index contributed by atoms with van der Waals surface area (Å²) in [5, 5.41) is 9.66. The van der Waals surface area contributed by atoms with Crippen molar-refractivity contribution in [1.29, 1.82) is 0 Å². The number of hydrogen-bond acceptors (Lipinski definition) is 5. The Hall–Kier alpha value is -3.35. The zero-order chi connectivity index (χ0) is 23.3. The van der Waals surface area contributed by atoms with E-state index in [-0.39, 0.29) is 30.5 Å². The van der Waals surface area contributed by atoms with Crippen LogP contribution in [0.2, 0.25) is 0 Å². The molecule has 0 spiro atoms. The maximum atomic E-state index is 13.1. The predicted molar refractivity (Wildman–Crippen MR) is 117 cm³/mol. The Morgan fingerprint density at radius 2 is 1.75 bits per heavy atom. The number of ether oxygens (including phenoxy) is 1. The highest BCUT2D eigenvalue weighted by atomic mass is 32.2.